The van der Waals surface area contributed by atoms with E-state index in [2.05, 4.69) is 32.0 Å². The van der Waals surface area contributed by atoms with Crippen LogP contribution in [0.3, 0.4) is 0 Å². The van der Waals surface area contributed by atoms with Crippen LogP contribution in [0.25, 0.3) is 0 Å². The molecule has 1 atom stereocenters. The Balaban J connectivity index is 2.29. The molecular formula is C13H18O. The van der Waals surface area contributed by atoms with Gasteiger partial charge in [0.1, 0.15) is 0 Å². The predicted octanol–water partition coefficient (Wildman–Crippen LogP) is 2.79. The monoisotopic (exact) mass is 190 g/mol. The summed E-state index contributed by atoms with van der Waals surface area (Å²) in [5, 5.41) is 9.38. The van der Waals surface area contributed by atoms with Gasteiger partial charge in [-0.15, -0.1) is 0 Å². The Morgan fingerprint density at radius 3 is 2.57 bits per heavy atom. The highest BCUT2D eigenvalue weighted by atomic mass is 16.3. The van der Waals surface area contributed by atoms with Gasteiger partial charge in [0.25, 0.3) is 0 Å². The number of aryl methyl sites for hydroxylation is 2. The lowest BCUT2D eigenvalue weighted by molar-refractivity contribution is 0.253. The first-order valence-corrected chi connectivity index (χ1v) is 5.40. The normalized spacial score (nSPS) is 18.2. The molecule has 1 aliphatic carbocycles. The van der Waals surface area contributed by atoms with Crippen LogP contribution in [-0.2, 0) is 0 Å². The molecule has 0 bridgehead atoms. The molecule has 0 aliphatic heterocycles. The summed E-state index contributed by atoms with van der Waals surface area (Å²) in [5.41, 5.74) is 3.98. The third-order valence-corrected chi connectivity index (χ3v) is 3.21. The Morgan fingerprint density at radius 1 is 1.36 bits per heavy atom. The predicted molar refractivity (Wildman–Crippen MR) is 58.5 cm³/mol. The summed E-state index contributed by atoms with van der Waals surface area (Å²) in [5.74, 6) is 1.12. The molecule has 0 aromatic heterocycles. The second-order valence-electron chi connectivity index (χ2n) is 4.49. The molecule has 0 heterocycles. The highest BCUT2D eigenvalue weighted by molar-refractivity contribution is 5.34. The minimum absolute atomic E-state index is 0.300. The Kier molecular flexibility index (Phi) is 2.60. The van der Waals surface area contributed by atoms with Crippen molar-refractivity contribution in [1.29, 1.82) is 0 Å². The van der Waals surface area contributed by atoms with Crippen LogP contribution in [0.2, 0.25) is 0 Å². The molecule has 14 heavy (non-hydrogen) atoms. The lowest BCUT2D eigenvalue weighted by Gasteiger charge is -2.16. The number of rotatable bonds is 3. The quantitative estimate of drug-likeness (QED) is 0.777. The van der Waals surface area contributed by atoms with Gasteiger partial charge < -0.3 is 5.11 Å². The van der Waals surface area contributed by atoms with Crippen LogP contribution < -0.4 is 0 Å². The third-order valence-electron chi connectivity index (χ3n) is 3.21. The first kappa shape index (κ1) is 9.72. The van der Waals surface area contributed by atoms with E-state index in [9.17, 15) is 5.11 Å². The average Bonchev–Trinajstić information content (AvgIpc) is 2.93. The molecule has 0 saturated heterocycles. The van der Waals surface area contributed by atoms with E-state index in [1.165, 1.54) is 29.5 Å². The zero-order valence-electron chi connectivity index (χ0n) is 8.96. The molecule has 1 saturated carbocycles. The van der Waals surface area contributed by atoms with E-state index in [-0.39, 0.29) is 0 Å². The lowest BCUT2D eigenvalue weighted by atomic mass is 9.90. The van der Waals surface area contributed by atoms with E-state index >= 15 is 0 Å². The number of aliphatic hydroxyl groups excluding tert-OH is 1. The van der Waals surface area contributed by atoms with Crippen LogP contribution in [0.15, 0.2) is 18.2 Å². The maximum Gasteiger partial charge on any atom is 0.0502 e. The smallest absolute Gasteiger partial charge is 0.0502 e. The van der Waals surface area contributed by atoms with Crippen molar-refractivity contribution in [1.82, 2.24) is 0 Å². The average molecular weight is 190 g/mol. The van der Waals surface area contributed by atoms with Gasteiger partial charge in [-0.25, -0.2) is 0 Å². The van der Waals surface area contributed by atoms with Crippen LogP contribution in [0.1, 0.15) is 35.4 Å². The molecule has 1 aromatic carbocycles. The van der Waals surface area contributed by atoms with Crippen LogP contribution in [0.5, 0.6) is 0 Å². The molecule has 2 rings (SSSR count). The minimum Gasteiger partial charge on any atom is -0.396 e. The zero-order chi connectivity index (χ0) is 10.1. The molecular weight excluding hydrogens is 172 g/mol. The maximum absolute atomic E-state index is 9.38. The molecule has 0 amide bonds. The standard InChI is InChI=1S/C13H18O/c1-9-3-6-12(10(2)7-9)13(8-14)11-4-5-11/h3,6-7,11,13-14H,4-5,8H2,1-2H3. The maximum atomic E-state index is 9.38. The fraction of sp³-hybridized carbons (Fsp3) is 0.538. The van der Waals surface area contributed by atoms with E-state index in [0.29, 0.717) is 12.5 Å². The van der Waals surface area contributed by atoms with E-state index in [0.717, 1.165) is 5.92 Å². The van der Waals surface area contributed by atoms with Crippen molar-refractivity contribution in [3.8, 4) is 0 Å². The summed E-state index contributed by atoms with van der Waals surface area (Å²) in [7, 11) is 0. The third kappa shape index (κ3) is 1.83. The summed E-state index contributed by atoms with van der Waals surface area (Å²) in [6.45, 7) is 4.56. The first-order chi connectivity index (χ1) is 6.72. The van der Waals surface area contributed by atoms with Crippen molar-refractivity contribution < 1.29 is 5.11 Å². The fourth-order valence-corrected chi connectivity index (χ4v) is 2.24. The summed E-state index contributed by atoms with van der Waals surface area (Å²) in [4.78, 5) is 0. The van der Waals surface area contributed by atoms with Crippen molar-refractivity contribution in [2.45, 2.75) is 32.6 Å². The summed E-state index contributed by atoms with van der Waals surface area (Å²) < 4.78 is 0. The molecule has 1 heteroatoms. The van der Waals surface area contributed by atoms with E-state index in [1.54, 1.807) is 0 Å². The first-order valence-electron chi connectivity index (χ1n) is 5.40. The number of hydrogen-bond acceptors (Lipinski definition) is 1. The zero-order valence-corrected chi connectivity index (χ0v) is 8.96. The Morgan fingerprint density at radius 2 is 2.07 bits per heavy atom. The Labute approximate surface area is 85.8 Å². The van der Waals surface area contributed by atoms with Crippen LogP contribution in [0.4, 0.5) is 0 Å². The Bertz CT molecular complexity index is 326. The lowest BCUT2D eigenvalue weighted by Crippen LogP contribution is -2.08. The molecule has 1 fully saturated rings. The highest BCUT2D eigenvalue weighted by Gasteiger charge is 2.32. The van der Waals surface area contributed by atoms with Gasteiger partial charge in [-0.05, 0) is 43.7 Å². The summed E-state index contributed by atoms with van der Waals surface area (Å²) in [6.07, 6.45) is 2.58. The van der Waals surface area contributed by atoms with Crippen molar-refractivity contribution in [2.24, 2.45) is 5.92 Å². The van der Waals surface area contributed by atoms with Gasteiger partial charge >= 0.3 is 0 Å². The second-order valence-corrected chi connectivity index (χ2v) is 4.49. The largest absolute Gasteiger partial charge is 0.396 e. The van der Waals surface area contributed by atoms with Gasteiger partial charge in [-0.1, -0.05) is 23.8 Å². The van der Waals surface area contributed by atoms with Crippen LogP contribution >= 0.6 is 0 Å². The van der Waals surface area contributed by atoms with Crippen molar-refractivity contribution in [3.63, 3.8) is 0 Å². The molecule has 1 aliphatic rings. The second kappa shape index (κ2) is 3.74. The number of hydrogen-bond donors (Lipinski definition) is 1. The molecule has 1 unspecified atom stereocenters. The topological polar surface area (TPSA) is 20.2 Å². The van der Waals surface area contributed by atoms with Crippen LogP contribution in [0, 0.1) is 19.8 Å². The van der Waals surface area contributed by atoms with Gasteiger partial charge in [0.15, 0.2) is 0 Å². The van der Waals surface area contributed by atoms with Gasteiger partial charge in [-0.3, -0.25) is 0 Å². The van der Waals surface area contributed by atoms with E-state index in [4.69, 9.17) is 0 Å². The van der Waals surface area contributed by atoms with E-state index in [1.807, 2.05) is 0 Å². The molecule has 1 aromatic rings. The molecule has 1 N–H and O–H groups in total. The molecule has 1 nitrogen and oxygen atoms in total. The number of benzene rings is 1. The van der Waals surface area contributed by atoms with Crippen molar-refractivity contribution >= 4 is 0 Å². The Hall–Kier alpha value is -0.820. The minimum atomic E-state index is 0.300. The van der Waals surface area contributed by atoms with Gasteiger partial charge in [0, 0.05) is 5.92 Å². The van der Waals surface area contributed by atoms with Gasteiger partial charge in [0.2, 0.25) is 0 Å². The van der Waals surface area contributed by atoms with Gasteiger partial charge in [0.05, 0.1) is 6.61 Å². The van der Waals surface area contributed by atoms with Crippen molar-refractivity contribution in [2.75, 3.05) is 6.61 Å². The van der Waals surface area contributed by atoms with Crippen molar-refractivity contribution in [3.05, 3.63) is 34.9 Å². The van der Waals surface area contributed by atoms with E-state index < -0.39 is 0 Å². The summed E-state index contributed by atoms with van der Waals surface area (Å²) in [6, 6.07) is 6.54. The van der Waals surface area contributed by atoms with Crippen LogP contribution in [-0.4, -0.2) is 11.7 Å². The number of aliphatic hydroxyl groups is 1. The SMILES string of the molecule is Cc1ccc(C(CO)C2CC2)c(C)c1. The fourth-order valence-electron chi connectivity index (χ4n) is 2.24. The molecule has 0 spiro atoms. The highest BCUT2D eigenvalue weighted by Crippen LogP contribution is 2.43. The molecule has 76 valence electrons. The summed E-state index contributed by atoms with van der Waals surface area (Å²) >= 11 is 0. The van der Waals surface area contributed by atoms with Gasteiger partial charge in [-0.2, -0.15) is 0 Å². The molecule has 0 radical (unpaired) electrons.